The highest BCUT2D eigenvalue weighted by atomic mass is 35.5. The molecule has 0 spiro atoms. The van der Waals surface area contributed by atoms with E-state index >= 15 is 0 Å². The first-order valence-electron chi connectivity index (χ1n) is 8.20. The van der Waals surface area contributed by atoms with Gasteiger partial charge in [-0.3, -0.25) is 0 Å². The number of rotatable bonds is 5. The lowest BCUT2D eigenvalue weighted by atomic mass is 10.3. The second kappa shape index (κ2) is 6.12. The maximum absolute atomic E-state index is 12.6. The standard InChI is InChI=1S/C18H18ClN3O2S/c1-12(21-25(23,24)15-10-6-13(19)7-11-15)18-20-16-4-2-3-5-17(16)22(18)14-8-9-14/h2-7,10-12,14,21H,8-9H2,1H3. The zero-order valence-corrected chi connectivity index (χ0v) is 15.3. The van der Waals surface area contributed by atoms with E-state index in [4.69, 9.17) is 11.6 Å². The van der Waals surface area contributed by atoms with Crippen molar-refractivity contribution in [2.24, 2.45) is 0 Å². The molecule has 1 atom stereocenters. The Morgan fingerprint density at radius 3 is 2.52 bits per heavy atom. The van der Waals surface area contributed by atoms with Crippen molar-refractivity contribution in [2.75, 3.05) is 0 Å². The summed E-state index contributed by atoms with van der Waals surface area (Å²) in [6.45, 7) is 1.83. The Morgan fingerprint density at radius 2 is 1.84 bits per heavy atom. The quantitative estimate of drug-likeness (QED) is 0.731. The molecule has 3 aromatic rings. The summed E-state index contributed by atoms with van der Waals surface area (Å²) in [5.41, 5.74) is 1.94. The molecule has 1 saturated carbocycles. The maximum Gasteiger partial charge on any atom is 0.241 e. The molecule has 1 aliphatic rings. The first-order valence-corrected chi connectivity index (χ1v) is 10.1. The van der Waals surface area contributed by atoms with Crippen LogP contribution in [0.4, 0.5) is 0 Å². The second-order valence-corrected chi connectivity index (χ2v) is 8.51. The van der Waals surface area contributed by atoms with Crippen molar-refractivity contribution in [3.05, 3.63) is 59.4 Å². The average Bonchev–Trinajstić information content (AvgIpc) is 3.34. The molecule has 1 aliphatic carbocycles. The zero-order valence-electron chi connectivity index (χ0n) is 13.7. The van der Waals surface area contributed by atoms with E-state index in [-0.39, 0.29) is 4.90 Å². The molecule has 0 aliphatic heterocycles. The number of fused-ring (bicyclic) bond motifs is 1. The molecular formula is C18H18ClN3O2S. The summed E-state index contributed by atoms with van der Waals surface area (Å²) in [6.07, 6.45) is 2.20. The fourth-order valence-corrected chi connectivity index (χ4v) is 4.38. The molecular weight excluding hydrogens is 358 g/mol. The number of nitrogens with zero attached hydrogens (tertiary/aromatic N) is 2. The molecule has 1 unspecified atom stereocenters. The predicted molar refractivity (Wildman–Crippen MR) is 98.2 cm³/mol. The van der Waals surface area contributed by atoms with Gasteiger partial charge in [0.1, 0.15) is 5.82 Å². The number of aromatic nitrogens is 2. The first kappa shape index (κ1) is 16.6. The van der Waals surface area contributed by atoms with Gasteiger partial charge in [0, 0.05) is 11.1 Å². The topological polar surface area (TPSA) is 64.0 Å². The van der Waals surface area contributed by atoms with E-state index in [0.29, 0.717) is 11.1 Å². The molecule has 1 N–H and O–H groups in total. The zero-order chi connectivity index (χ0) is 17.6. The van der Waals surface area contributed by atoms with Crippen molar-refractivity contribution >= 4 is 32.7 Å². The van der Waals surface area contributed by atoms with Crippen LogP contribution in [-0.4, -0.2) is 18.0 Å². The highest BCUT2D eigenvalue weighted by Gasteiger charge is 2.31. The van der Waals surface area contributed by atoms with Crippen molar-refractivity contribution in [1.29, 1.82) is 0 Å². The maximum atomic E-state index is 12.6. The molecule has 25 heavy (non-hydrogen) atoms. The highest BCUT2D eigenvalue weighted by Crippen LogP contribution is 2.40. The number of benzene rings is 2. The van der Waals surface area contributed by atoms with Crippen molar-refractivity contribution in [3.63, 3.8) is 0 Å². The van der Waals surface area contributed by atoms with Gasteiger partial charge in [0.2, 0.25) is 10.0 Å². The first-order chi connectivity index (χ1) is 12.0. The smallest absolute Gasteiger partial charge is 0.241 e. The predicted octanol–water partition coefficient (Wildman–Crippen LogP) is 4.06. The van der Waals surface area contributed by atoms with E-state index in [1.54, 1.807) is 12.1 Å². The van der Waals surface area contributed by atoms with Gasteiger partial charge >= 0.3 is 0 Å². The van der Waals surface area contributed by atoms with E-state index in [1.807, 2.05) is 31.2 Å². The van der Waals surface area contributed by atoms with Crippen LogP contribution in [0.3, 0.4) is 0 Å². The summed E-state index contributed by atoms with van der Waals surface area (Å²) in [4.78, 5) is 4.87. The SMILES string of the molecule is CC(NS(=O)(=O)c1ccc(Cl)cc1)c1nc2ccccc2n1C1CC1. The van der Waals surface area contributed by atoms with Crippen LogP contribution in [0.25, 0.3) is 11.0 Å². The van der Waals surface area contributed by atoms with Crippen molar-refractivity contribution < 1.29 is 8.42 Å². The lowest BCUT2D eigenvalue weighted by molar-refractivity contribution is 0.547. The van der Waals surface area contributed by atoms with Gasteiger partial charge in [-0.05, 0) is 56.2 Å². The fraction of sp³-hybridized carbons (Fsp3) is 0.278. The molecule has 0 saturated heterocycles. The minimum atomic E-state index is -3.65. The third-order valence-electron chi connectivity index (χ3n) is 4.38. The Kier molecular flexibility index (Phi) is 4.06. The Hall–Kier alpha value is -1.89. The molecule has 0 radical (unpaired) electrons. The fourth-order valence-electron chi connectivity index (χ4n) is 3.05. The van der Waals surface area contributed by atoms with Gasteiger partial charge in [0.15, 0.2) is 0 Å². The van der Waals surface area contributed by atoms with Crippen LogP contribution >= 0.6 is 11.6 Å². The number of halogens is 1. The van der Waals surface area contributed by atoms with Crippen LogP contribution in [0.1, 0.15) is 37.7 Å². The van der Waals surface area contributed by atoms with Crippen molar-refractivity contribution in [3.8, 4) is 0 Å². The molecule has 1 heterocycles. The third kappa shape index (κ3) is 3.17. The molecule has 0 bridgehead atoms. The summed E-state index contributed by atoms with van der Waals surface area (Å²) in [6, 6.07) is 14.0. The molecule has 130 valence electrons. The van der Waals surface area contributed by atoms with Gasteiger partial charge in [-0.15, -0.1) is 0 Å². The normalized spacial score (nSPS) is 16.2. The van der Waals surface area contributed by atoms with Gasteiger partial charge in [0.25, 0.3) is 0 Å². The Bertz CT molecular complexity index is 1020. The van der Waals surface area contributed by atoms with Gasteiger partial charge in [-0.25, -0.2) is 18.1 Å². The van der Waals surface area contributed by atoms with Crippen molar-refractivity contribution in [1.82, 2.24) is 14.3 Å². The Morgan fingerprint density at radius 1 is 1.16 bits per heavy atom. The van der Waals surface area contributed by atoms with Crippen molar-refractivity contribution in [2.45, 2.75) is 36.7 Å². The number of nitrogens with one attached hydrogen (secondary N) is 1. The Balaban J connectivity index is 1.69. The van der Waals surface area contributed by atoms with Gasteiger partial charge < -0.3 is 4.57 Å². The Labute approximate surface area is 151 Å². The number of imidazole rings is 1. The summed E-state index contributed by atoms with van der Waals surface area (Å²) < 4.78 is 30.2. The minimum absolute atomic E-state index is 0.192. The van der Waals surface area contributed by atoms with Crippen LogP contribution in [-0.2, 0) is 10.0 Å². The van der Waals surface area contributed by atoms with Crippen LogP contribution in [0.15, 0.2) is 53.4 Å². The summed E-state index contributed by atoms with van der Waals surface area (Å²) in [7, 11) is -3.65. The number of sulfonamides is 1. The van der Waals surface area contributed by atoms with E-state index in [0.717, 1.165) is 29.7 Å². The molecule has 4 rings (SSSR count). The van der Waals surface area contributed by atoms with E-state index in [2.05, 4.69) is 14.3 Å². The summed E-state index contributed by atoms with van der Waals surface area (Å²) in [5, 5.41) is 0.502. The van der Waals surface area contributed by atoms with Crippen LogP contribution in [0.2, 0.25) is 5.02 Å². The second-order valence-electron chi connectivity index (χ2n) is 6.36. The third-order valence-corrected chi connectivity index (χ3v) is 6.19. The summed E-state index contributed by atoms with van der Waals surface area (Å²) >= 11 is 5.84. The van der Waals surface area contributed by atoms with Gasteiger partial charge in [-0.1, -0.05) is 23.7 Å². The lowest BCUT2D eigenvalue weighted by Gasteiger charge is -2.16. The van der Waals surface area contributed by atoms with E-state index in [9.17, 15) is 8.42 Å². The molecule has 0 amide bonds. The molecule has 1 fully saturated rings. The highest BCUT2D eigenvalue weighted by molar-refractivity contribution is 7.89. The largest absolute Gasteiger partial charge is 0.324 e. The molecule has 1 aromatic heterocycles. The van der Waals surface area contributed by atoms with Crippen LogP contribution < -0.4 is 4.72 Å². The summed E-state index contributed by atoms with van der Waals surface area (Å²) in [5.74, 6) is 0.751. The van der Waals surface area contributed by atoms with E-state index < -0.39 is 16.1 Å². The van der Waals surface area contributed by atoms with Gasteiger partial charge in [0.05, 0.1) is 22.0 Å². The lowest BCUT2D eigenvalue weighted by Crippen LogP contribution is -2.28. The average molecular weight is 376 g/mol. The molecule has 7 heteroatoms. The van der Waals surface area contributed by atoms with E-state index in [1.165, 1.54) is 12.1 Å². The molecule has 2 aromatic carbocycles. The van der Waals surface area contributed by atoms with Gasteiger partial charge in [-0.2, -0.15) is 0 Å². The van der Waals surface area contributed by atoms with Crippen LogP contribution in [0.5, 0.6) is 0 Å². The van der Waals surface area contributed by atoms with Crippen LogP contribution in [0, 0.1) is 0 Å². The number of hydrogen-bond acceptors (Lipinski definition) is 3. The monoisotopic (exact) mass is 375 g/mol. The number of hydrogen-bond donors (Lipinski definition) is 1. The minimum Gasteiger partial charge on any atom is -0.324 e. The number of para-hydroxylation sites is 2. The molecule has 5 nitrogen and oxygen atoms in total.